The molecule has 1 atom stereocenters. The number of fused-ring (bicyclic) bond motifs is 3. The molecule has 0 amide bonds. The van der Waals surface area contributed by atoms with Crippen molar-refractivity contribution in [3.63, 3.8) is 0 Å². The molecule has 0 radical (unpaired) electrons. The fraction of sp³-hybridized carbons (Fsp3) is 0.100. The van der Waals surface area contributed by atoms with Crippen molar-refractivity contribution in [2.24, 2.45) is 5.73 Å². The highest BCUT2D eigenvalue weighted by Crippen LogP contribution is 2.47. The molecule has 0 fully saturated rings. The van der Waals surface area contributed by atoms with Crippen molar-refractivity contribution in [3.8, 4) is 11.8 Å². The van der Waals surface area contributed by atoms with Gasteiger partial charge in [0.1, 0.15) is 11.6 Å². The van der Waals surface area contributed by atoms with Crippen molar-refractivity contribution >= 4 is 28.4 Å². The van der Waals surface area contributed by atoms with Crippen LogP contribution in [0.15, 0.2) is 60.0 Å². The zero-order valence-electron chi connectivity index (χ0n) is 13.9. The number of rotatable bonds is 1. The molecule has 2 heterocycles. The average molecular weight is 364 g/mol. The maximum Gasteiger partial charge on any atom is 0.228 e. The number of benzene rings is 2. The first-order valence-corrected chi connectivity index (χ1v) is 8.38. The second-order valence-electron chi connectivity index (χ2n) is 6.07. The maximum atomic E-state index is 12.5. The Morgan fingerprint density at radius 3 is 2.73 bits per heavy atom. The summed E-state index contributed by atoms with van der Waals surface area (Å²) in [5, 5.41) is 11.0. The first kappa shape index (κ1) is 16.2. The molecule has 26 heavy (non-hydrogen) atoms. The summed E-state index contributed by atoms with van der Waals surface area (Å²) in [7, 11) is 0. The van der Waals surface area contributed by atoms with Crippen molar-refractivity contribution in [2.75, 3.05) is 0 Å². The quantitative estimate of drug-likeness (QED) is 0.703. The van der Waals surface area contributed by atoms with E-state index in [9.17, 15) is 10.1 Å². The van der Waals surface area contributed by atoms with Crippen molar-refractivity contribution in [1.29, 1.82) is 5.26 Å². The molecule has 1 aromatic heterocycles. The van der Waals surface area contributed by atoms with Crippen LogP contribution in [0.4, 0.5) is 0 Å². The van der Waals surface area contributed by atoms with Crippen LogP contribution in [0.25, 0.3) is 10.9 Å². The molecule has 0 aliphatic carbocycles. The lowest BCUT2D eigenvalue weighted by Gasteiger charge is -2.25. The lowest BCUT2D eigenvalue weighted by molar-refractivity contribution is 0.0937. The minimum Gasteiger partial charge on any atom is -0.438 e. The number of nitriles is 1. The normalized spacial score (nSPS) is 16.1. The van der Waals surface area contributed by atoms with E-state index < -0.39 is 5.92 Å². The largest absolute Gasteiger partial charge is 0.438 e. The summed E-state index contributed by atoms with van der Waals surface area (Å²) in [6, 6.07) is 16.8. The molecule has 0 unspecified atom stereocenters. The molecular formula is C20H14ClN3O2. The van der Waals surface area contributed by atoms with Gasteiger partial charge in [0.05, 0.1) is 17.1 Å². The van der Waals surface area contributed by atoms with E-state index in [1.165, 1.54) is 6.92 Å². The van der Waals surface area contributed by atoms with Crippen LogP contribution in [-0.2, 0) is 0 Å². The van der Waals surface area contributed by atoms with Crippen LogP contribution in [0, 0.1) is 11.3 Å². The third-order valence-corrected chi connectivity index (χ3v) is 4.76. The topological polar surface area (TPSA) is 81.0 Å². The predicted molar refractivity (Wildman–Crippen MR) is 99.0 cm³/mol. The van der Waals surface area contributed by atoms with Crippen LogP contribution in [0.5, 0.6) is 5.75 Å². The van der Waals surface area contributed by atoms with Gasteiger partial charge in [0.25, 0.3) is 0 Å². The molecule has 1 aliphatic heterocycles. The molecule has 4 rings (SSSR count). The third kappa shape index (κ3) is 2.27. The van der Waals surface area contributed by atoms with E-state index in [-0.39, 0.29) is 17.4 Å². The molecule has 0 bridgehead atoms. The lowest BCUT2D eigenvalue weighted by Crippen LogP contribution is -2.24. The number of carbonyl (C=O) groups excluding carboxylic acids is 1. The van der Waals surface area contributed by atoms with E-state index in [1.807, 2.05) is 30.3 Å². The molecule has 2 N–H and O–H groups in total. The van der Waals surface area contributed by atoms with E-state index >= 15 is 0 Å². The molecule has 5 nitrogen and oxygen atoms in total. The number of nitrogens with two attached hydrogens (primary N) is 1. The zero-order valence-corrected chi connectivity index (χ0v) is 14.6. The molecule has 1 aliphatic rings. The Kier molecular flexibility index (Phi) is 3.71. The average Bonchev–Trinajstić information content (AvgIpc) is 2.94. The summed E-state index contributed by atoms with van der Waals surface area (Å²) < 4.78 is 7.37. The first-order chi connectivity index (χ1) is 12.5. The number of aromatic nitrogens is 1. The van der Waals surface area contributed by atoms with E-state index in [0.717, 1.165) is 10.9 Å². The summed E-state index contributed by atoms with van der Waals surface area (Å²) in [5.41, 5.74) is 8.38. The second kappa shape index (κ2) is 5.94. The van der Waals surface area contributed by atoms with E-state index in [2.05, 4.69) is 6.07 Å². The van der Waals surface area contributed by atoms with Gasteiger partial charge in [-0.15, -0.1) is 0 Å². The van der Waals surface area contributed by atoms with Gasteiger partial charge in [-0.25, -0.2) is 0 Å². The number of carbonyl (C=O) groups is 1. The van der Waals surface area contributed by atoms with Gasteiger partial charge in [0.15, 0.2) is 5.75 Å². The highest BCUT2D eigenvalue weighted by atomic mass is 35.5. The van der Waals surface area contributed by atoms with Crippen molar-refractivity contribution < 1.29 is 9.53 Å². The molecule has 0 saturated carbocycles. The summed E-state index contributed by atoms with van der Waals surface area (Å²) in [6.07, 6.45) is 0. The van der Waals surface area contributed by atoms with Gasteiger partial charge in [-0.05, 0) is 29.8 Å². The Balaban J connectivity index is 2.13. The van der Waals surface area contributed by atoms with Crippen LogP contribution >= 0.6 is 11.6 Å². The fourth-order valence-corrected chi connectivity index (χ4v) is 3.71. The molecule has 3 aromatic rings. The molecule has 0 saturated heterocycles. The van der Waals surface area contributed by atoms with Gasteiger partial charge in [0, 0.05) is 17.3 Å². The summed E-state index contributed by atoms with van der Waals surface area (Å²) in [6.45, 7) is 1.48. The Morgan fingerprint density at radius 1 is 1.27 bits per heavy atom. The number of nitrogens with zero attached hydrogens (tertiary/aromatic N) is 2. The highest BCUT2D eigenvalue weighted by Gasteiger charge is 2.36. The Morgan fingerprint density at radius 2 is 2.04 bits per heavy atom. The number of allylic oxidation sites excluding steroid dienone is 1. The van der Waals surface area contributed by atoms with Gasteiger partial charge >= 0.3 is 0 Å². The summed E-state index contributed by atoms with van der Waals surface area (Å²) in [5.74, 6) is -0.178. The van der Waals surface area contributed by atoms with E-state index in [0.29, 0.717) is 22.0 Å². The minimum atomic E-state index is -0.543. The number of halogens is 1. The maximum absolute atomic E-state index is 12.5. The van der Waals surface area contributed by atoms with Gasteiger partial charge < -0.3 is 10.5 Å². The standard InChI is InChI=1S/C20H14ClN3O2/c1-11(25)24-16-8-3-2-7-14(16)19-18(24)17(15(10-22)20(23)26-19)12-5-4-6-13(21)9-12/h2-9,17H,23H2,1H3/t17-/m0/s1. The monoisotopic (exact) mass is 363 g/mol. The van der Waals surface area contributed by atoms with Crippen LogP contribution in [0.2, 0.25) is 5.02 Å². The summed E-state index contributed by atoms with van der Waals surface area (Å²) >= 11 is 6.16. The van der Waals surface area contributed by atoms with Crippen LogP contribution in [-0.4, -0.2) is 10.5 Å². The molecule has 2 aromatic carbocycles. The minimum absolute atomic E-state index is 0.0384. The number of hydrogen-bond acceptors (Lipinski definition) is 4. The molecular weight excluding hydrogens is 350 g/mol. The third-order valence-electron chi connectivity index (χ3n) is 4.52. The first-order valence-electron chi connectivity index (χ1n) is 8.00. The van der Waals surface area contributed by atoms with Gasteiger partial charge in [-0.2, -0.15) is 5.26 Å². The Bertz CT molecular complexity index is 1140. The Labute approximate surface area is 154 Å². The lowest BCUT2D eigenvalue weighted by atomic mass is 9.87. The number of ether oxygens (including phenoxy) is 1. The predicted octanol–water partition coefficient (Wildman–Crippen LogP) is 4.17. The van der Waals surface area contributed by atoms with E-state index in [4.69, 9.17) is 22.1 Å². The fourth-order valence-electron chi connectivity index (χ4n) is 3.51. The van der Waals surface area contributed by atoms with Gasteiger partial charge in [0.2, 0.25) is 11.8 Å². The van der Waals surface area contributed by atoms with Crippen molar-refractivity contribution in [1.82, 2.24) is 4.57 Å². The van der Waals surface area contributed by atoms with Gasteiger partial charge in [-0.1, -0.05) is 35.9 Å². The molecule has 128 valence electrons. The number of hydrogen-bond donors (Lipinski definition) is 1. The highest BCUT2D eigenvalue weighted by molar-refractivity contribution is 6.30. The SMILES string of the molecule is CC(=O)n1c2c(c3ccccc31)OC(N)=C(C#N)[C@@H]2c1cccc(Cl)c1. The summed E-state index contributed by atoms with van der Waals surface area (Å²) in [4.78, 5) is 12.5. The van der Waals surface area contributed by atoms with E-state index in [1.54, 1.807) is 22.8 Å². The zero-order chi connectivity index (χ0) is 18.4. The second-order valence-corrected chi connectivity index (χ2v) is 6.50. The van der Waals surface area contributed by atoms with Gasteiger partial charge in [-0.3, -0.25) is 9.36 Å². The van der Waals surface area contributed by atoms with Crippen LogP contribution < -0.4 is 10.5 Å². The van der Waals surface area contributed by atoms with Crippen molar-refractivity contribution in [3.05, 3.63) is 76.3 Å². The smallest absolute Gasteiger partial charge is 0.228 e. The van der Waals surface area contributed by atoms with Crippen LogP contribution in [0.3, 0.4) is 0 Å². The number of para-hydroxylation sites is 1. The molecule has 6 heteroatoms. The Hall–Kier alpha value is -3.23. The molecule has 0 spiro atoms. The van der Waals surface area contributed by atoms with Crippen molar-refractivity contribution in [2.45, 2.75) is 12.8 Å². The van der Waals surface area contributed by atoms with Crippen LogP contribution in [0.1, 0.15) is 28.9 Å².